The first-order valence-electron chi connectivity index (χ1n) is 9.60. The molecule has 0 unspecified atom stereocenters. The summed E-state index contributed by atoms with van der Waals surface area (Å²) in [7, 11) is 1.49. The molecule has 2 aliphatic rings. The fourth-order valence-electron chi connectivity index (χ4n) is 3.45. The number of rotatable bonds is 6. The maximum atomic E-state index is 13.2. The number of nitrogens with zero attached hydrogens (tertiary/aromatic N) is 2. The number of fused-ring (bicyclic) bond motifs is 3. The smallest absolute Gasteiger partial charge is 0.416 e. The van der Waals surface area contributed by atoms with Crippen molar-refractivity contribution in [2.75, 3.05) is 20.3 Å². The molecule has 0 atom stereocenters. The van der Waals surface area contributed by atoms with E-state index in [1.807, 2.05) is 6.92 Å². The maximum absolute atomic E-state index is 13.2. The van der Waals surface area contributed by atoms with E-state index < -0.39 is 17.3 Å². The normalized spacial score (nSPS) is 12.0. The van der Waals surface area contributed by atoms with Crippen molar-refractivity contribution in [3.8, 4) is 28.3 Å². The van der Waals surface area contributed by atoms with Crippen LogP contribution in [0.25, 0.3) is 33.6 Å². The lowest BCUT2D eigenvalue weighted by molar-refractivity contribution is -0.137. The van der Waals surface area contributed by atoms with E-state index in [-0.39, 0.29) is 17.9 Å². The van der Waals surface area contributed by atoms with E-state index in [1.54, 1.807) is 18.2 Å². The van der Waals surface area contributed by atoms with Gasteiger partial charge >= 0.3 is 6.18 Å². The van der Waals surface area contributed by atoms with E-state index in [0.29, 0.717) is 41.2 Å². The molecule has 0 spiro atoms. The van der Waals surface area contributed by atoms with Crippen LogP contribution in [0.1, 0.15) is 12.5 Å². The van der Waals surface area contributed by atoms with Crippen molar-refractivity contribution in [3.63, 3.8) is 0 Å². The Labute approximate surface area is 175 Å². The van der Waals surface area contributed by atoms with Gasteiger partial charge in [-0.3, -0.25) is 4.79 Å². The molecule has 0 radical (unpaired) electrons. The van der Waals surface area contributed by atoms with Crippen LogP contribution in [0.4, 0.5) is 13.2 Å². The minimum Gasteiger partial charge on any atom is -0.496 e. The van der Waals surface area contributed by atoms with E-state index in [1.165, 1.54) is 23.9 Å². The van der Waals surface area contributed by atoms with Gasteiger partial charge in [-0.05, 0) is 31.2 Å². The number of hydrogen-bond acceptors (Lipinski definition) is 5. The highest BCUT2D eigenvalue weighted by Crippen LogP contribution is 2.41. The zero-order chi connectivity index (χ0) is 22.2. The van der Waals surface area contributed by atoms with Gasteiger partial charge in [0.05, 0.1) is 31.2 Å². The van der Waals surface area contributed by atoms with Gasteiger partial charge in [0.25, 0.3) is 5.56 Å². The third-order valence-electron chi connectivity index (χ3n) is 4.92. The van der Waals surface area contributed by atoms with Crippen LogP contribution in [0.3, 0.4) is 0 Å². The Morgan fingerprint density at radius 3 is 2.52 bits per heavy atom. The zero-order valence-corrected chi connectivity index (χ0v) is 16.8. The summed E-state index contributed by atoms with van der Waals surface area (Å²) in [5, 5.41) is 4.98. The largest absolute Gasteiger partial charge is 0.496 e. The highest BCUT2D eigenvalue weighted by atomic mass is 19.4. The molecule has 0 N–H and O–H groups in total. The lowest BCUT2D eigenvalue weighted by Crippen LogP contribution is -2.20. The maximum Gasteiger partial charge on any atom is 0.416 e. The number of hydrogen-bond donors (Lipinski definition) is 0. The first-order valence-corrected chi connectivity index (χ1v) is 9.60. The molecule has 0 bridgehead atoms. The SMILES string of the molecule is CCOCCn1nc2c3c(OC)cccc3oc(-c3ccc(C(F)(F)F)cc3)c-2c1=O. The highest BCUT2D eigenvalue weighted by Gasteiger charge is 2.31. The number of alkyl halides is 3. The molecule has 31 heavy (non-hydrogen) atoms. The highest BCUT2D eigenvalue weighted by molar-refractivity contribution is 6.00. The third-order valence-corrected chi connectivity index (χ3v) is 4.92. The van der Waals surface area contributed by atoms with Crippen LogP contribution in [0.15, 0.2) is 51.7 Å². The first-order chi connectivity index (χ1) is 14.8. The Bertz CT molecular complexity index is 1240. The average Bonchev–Trinajstić information content (AvgIpc) is 3.09. The molecule has 2 aliphatic heterocycles. The molecular formula is C22H19F3N2O4. The van der Waals surface area contributed by atoms with Crippen LogP contribution in [-0.4, -0.2) is 30.1 Å². The van der Waals surface area contributed by atoms with Crippen LogP contribution in [0.5, 0.6) is 5.75 Å². The van der Waals surface area contributed by atoms with Gasteiger partial charge in [-0.1, -0.05) is 18.2 Å². The molecule has 4 rings (SSSR count). The predicted octanol–water partition coefficient (Wildman–Crippen LogP) is 4.83. The number of halogens is 3. The lowest BCUT2D eigenvalue weighted by Gasteiger charge is -2.12. The molecular weight excluding hydrogens is 413 g/mol. The van der Waals surface area contributed by atoms with E-state index in [4.69, 9.17) is 13.9 Å². The van der Waals surface area contributed by atoms with Crippen molar-refractivity contribution in [1.29, 1.82) is 0 Å². The Morgan fingerprint density at radius 2 is 1.87 bits per heavy atom. The third kappa shape index (κ3) is 3.76. The van der Waals surface area contributed by atoms with Crippen molar-refractivity contribution >= 4 is 11.0 Å². The zero-order valence-electron chi connectivity index (χ0n) is 16.8. The minimum atomic E-state index is -4.46. The molecule has 0 fully saturated rings. The number of ether oxygens (including phenoxy) is 2. The molecule has 6 nitrogen and oxygen atoms in total. The van der Waals surface area contributed by atoms with Gasteiger partial charge < -0.3 is 13.9 Å². The topological polar surface area (TPSA) is 66.5 Å². The Hall–Kier alpha value is -3.33. The fraction of sp³-hybridized carbons (Fsp3) is 0.273. The number of aromatic nitrogens is 2. The van der Waals surface area contributed by atoms with Crippen molar-refractivity contribution < 1.29 is 27.1 Å². The summed E-state index contributed by atoms with van der Waals surface area (Å²) in [6.45, 7) is 2.86. The van der Waals surface area contributed by atoms with Gasteiger partial charge in [-0.15, -0.1) is 0 Å². The van der Waals surface area contributed by atoms with Gasteiger partial charge in [0.2, 0.25) is 0 Å². The molecule has 9 heteroatoms. The van der Waals surface area contributed by atoms with Gasteiger partial charge in [-0.25, -0.2) is 4.68 Å². The van der Waals surface area contributed by atoms with E-state index in [9.17, 15) is 18.0 Å². The van der Waals surface area contributed by atoms with Gasteiger partial charge in [0, 0.05) is 12.2 Å². The summed E-state index contributed by atoms with van der Waals surface area (Å²) >= 11 is 0. The summed E-state index contributed by atoms with van der Waals surface area (Å²) < 4.78 is 56.9. The molecule has 0 aliphatic carbocycles. The van der Waals surface area contributed by atoms with Gasteiger partial charge in [0.15, 0.2) is 0 Å². The average molecular weight is 432 g/mol. The van der Waals surface area contributed by atoms with Gasteiger partial charge in [0.1, 0.15) is 28.4 Å². The molecule has 2 aromatic carbocycles. The van der Waals surface area contributed by atoms with Crippen LogP contribution in [0.2, 0.25) is 0 Å². The summed E-state index contributed by atoms with van der Waals surface area (Å²) in [6.07, 6.45) is -4.46. The standard InChI is InChI=1S/C22H19F3N2O4/c1-3-30-12-11-27-21(28)18-19(26-27)17-15(29-2)5-4-6-16(17)31-20(18)13-7-9-14(10-8-13)22(23,24)25/h4-10H,3,11-12H2,1-2H3. The van der Waals surface area contributed by atoms with Crippen molar-refractivity contribution in [2.24, 2.45) is 0 Å². The molecule has 0 aromatic heterocycles. The molecule has 0 saturated heterocycles. The van der Waals surface area contributed by atoms with Crippen molar-refractivity contribution in [1.82, 2.24) is 9.78 Å². The van der Waals surface area contributed by atoms with Crippen molar-refractivity contribution in [3.05, 3.63) is 58.4 Å². The van der Waals surface area contributed by atoms with E-state index in [0.717, 1.165) is 12.1 Å². The number of methoxy groups -OCH3 is 1. The first kappa shape index (κ1) is 20.9. The van der Waals surface area contributed by atoms with E-state index in [2.05, 4.69) is 5.10 Å². The summed E-state index contributed by atoms with van der Waals surface area (Å²) in [5.74, 6) is 0.622. The summed E-state index contributed by atoms with van der Waals surface area (Å²) in [6, 6.07) is 9.60. The quantitative estimate of drug-likeness (QED) is 0.409. The second-order valence-electron chi connectivity index (χ2n) is 6.79. The van der Waals surface area contributed by atoms with Crippen LogP contribution < -0.4 is 10.3 Å². The molecule has 0 amide bonds. The monoisotopic (exact) mass is 432 g/mol. The van der Waals surface area contributed by atoms with Crippen LogP contribution in [-0.2, 0) is 17.5 Å². The minimum absolute atomic E-state index is 0.150. The Balaban J connectivity index is 1.97. The Morgan fingerprint density at radius 1 is 1.13 bits per heavy atom. The molecule has 0 saturated carbocycles. The molecule has 2 heterocycles. The molecule has 162 valence electrons. The number of benzene rings is 2. The second-order valence-corrected chi connectivity index (χ2v) is 6.79. The summed E-state index contributed by atoms with van der Waals surface area (Å²) in [4.78, 5) is 13.2. The molecule has 2 aromatic rings. The van der Waals surface area contributed by atoms with Crippen molar-refractivity contribution in [2.45, 2.75) is 19.6 Å². The van der Waals surface area contributed by atoms with Gasteiger partial charge in [-0.2, -0.15) is 18.3 Å². The van der Waals surface area contributed by atoms with Crippen LogP contribution >= 0.6 is 0 Å². The lowest BCUT2D eigenvalue weighted by atomic mass is 10.0. The Kier molecular flexibility index (Phi) is 5.45. The van der Waals surface area contributed by atoms with E-state index >= 15 is 0 Å². The van der Waals surface area contributed by atoms with Crippen LogP contribution in [0, 0.1) is 0 Å². The second kappa shape index (κ2) is 8.07. The summed E-state index contributed by atoms with van der Waals surface area (Å²) in [5.41, 5.74) is 0.0644. The predicted molar refractivity (Wildman–Crippen MR) is 108 cm³/mol. The fourth-order valence-corrected chi connectivity index (χ4v) is 3.45.